The van der Waals surface area contributed by atoms with Gasteiger partial charge >= 0.3 is 0 Å². The van der Waals surface area contributed by atoms with E-state index in [9.17, 15) is 15.0 Å². The molecular weight excluding hydrogens is 310 g/mol. The van der Waals surface area contributed by atoms with Gasteiger partial charge in [-0.1, -0.05) is 13.8 Å². The number of aliphatic hydroxyl groups is 2. The van der Waals surface area contributed by atoms with Crippen LogP contribution in [-0.2, 0) is 9.53 Å². The Labute approximate surface area is 144 Å². The van der Waals surface area contributed by atoms with E-state index < -0.39 is 11.0 Å². The van der Waals surface area contributed by atoms with Crippen molar-refractivity contribution in [1.82, 2.24) is 10.2 Å². The smallest absolute Gasteiger partial charge is 0.246 e. The van der Waals surface area contributed by atoms with E-state index in [0.29, 0.717) is 0 Å². The van der Waals surface area contributed by atoms with Gasteiger partial charge in [0, 0.05) is 37.4 Å². The number of piperidine rings is 1. The van der Waals surface area contributed by atoms with E-state index in [1.807, 2.05) is 13.8 Å². The molecule has 1 fully saturated rings. The molecule has 0 aromatic carbocycles. The monoisotopic (exact) mass is 341 g/mol. The van der Waals surface area contributed by atoms with Crippen molar-refractivity contribution >= 4 is 11.6 Å². The third-order valence-corrected chi connectivity index (χ3v) is 4.77. The van der Waals surface area contributed by atoms with E-state index in [1.54, 1.807) is 21.0 Å². The Morgan fingerprint density at radius 1 is 1.33 bits per heavy atom. The summed E-state index contributed by atoms with van der Waals surface area (Å²) in [7, 11) is 1.70. The lowest BCUT2D eigenvalue weighted by atomic mass is 9.88. The highest BCUT2D eigenvalue weighted by Gasteiger charge is 2.37. The molecule has 1 saturated heterocycles. The van der Waals surface area contributed by atoms with E-state index in [0.717, 1.165) is 25.9 Å². The second-order valence-corrected chi connectivity index (χ2v) is 7.42. The van der Waals surface area contributed by atoms with Crippen molar-refractivity contribution in [3.63, 3.8) is 0 Å². The Bertz CT molecular complexity index is 492. The second kappa shape index (κ2) is 8.09. The molecule has 24 heavy (non-hydrogen) atoms. The lowest BCUT2D eigenvalue weighted by molar-refractivity contribution is -0.133. The zero-order chi connectivity index (χ0) is 18.5. The molecule has 0 spiro atoms. The highest BCUT2D eigenvalue weighted by molar-refractivity contribution is 5.97. The summed E-state index contributed by atoms with van der Waals surface area (Å²) in [6.45, 7) is 8.27. The molecule has 7 nitrogen and oxygen atoms in total. The zero-order valence-electron chi connectivity index (χ0n) is 15.3. The molecule has 0 radical (unpaired) electrons. The van der Waals surface area contributed by atoms with Gasteiger partial charge in [0.05, 0.1) is 18.2 Å². The number of hydrogen-bond acceptors (Lipinski definition) is 6. The Morgan fingerprint density at radius 3 is 2.33 bits per heavy atom. The fourth-order valence-electron chi connectivity index (χ4n) is 2.52. The predicted molar refractivity (Wildman–Crippen MR) is 93.1 cm³/mol. The first kappa shape index (κ1) is 20.6. The summed E-state index contributed by atoms with van der Waals surface area (Å²) in [4.78, 5) is 14.6. The summed E-state index contributed by atoms with van der Waals surface area (Å²) in [5, 5.41) is 29.5. The molecule has 1 aliphatic rings. The number of amides is 1. The number of allylic oxidation sites excluding steroid dienone is 1. The van der Waals surface area contributed by atoms with E-state index in [-0.39, 0.29) is 30.2 Å². The van der Waals surface area contributed by atoms with Gasteiger partial charge < -0.3 is 20.4 Å². The van der Waals surface area contributed by atoms with Gasteiger partial charge in [0.25, 0.3) is 0 Å². The van der Waals surface area contributed by atoms with Crippen LogP contribution in [0.4, 0.5) is 0 Å². The highest BCUT2D eigenvalue weighted by Crippen LogP contribution is 2.23. The quantitative estimate of drug-likeness (QED) is 0.414. The number of aliphatic hydroxyl groups excluding tert-OH is 2. The molecule has 138 valence electrons. The topological polar surface area (TPSA) is 106 Å². The van der Waals surface area contributed by atoms with Crippen LogP contribution in [0.1, 0.15) is 40.5 Å². The number of hydrogen-bond donors (Lipinski definition) is 4. The van der Waals surface area contributed by atoms with Gasteiger partial charge in [0.1, 0.15) is 0 Å². The first-order valence-corrected chi connectivity index (χ1v) is 8.24. The van der Waals surface area contributed by atoms with Crippen LogP contribution in [-0.4, -0.2) is 65.2 Å². The highest BCUT2D eigenvalue weighted by atomic mass is 16.5. The van der Waals surface area contributed by atoms with Crippen LogP contribution in [0.5, 0.6) is 0 Å². The third-order valence-electron chi connectivity index (χ3n) is 4.77. The molecule has 0 bridgehead atoms. The summed E-state index contributed by atoms with van der Waals surface area (Å²) in [6, 6.07) is 0. The van der Waals surface area contributed by atoms with Gasteiger partial charge in [-0.3, -0.25) is 15.0 Å². The van der Waals surface area contributed by atoms with Crippen molar-refractivity contribution in [3.05, 3.63) is 12.0 Å². The summed E-state index contributed by atoms with van der Waals surface area (Å²) < 4.78 is 5.34. The summed E-state index contributed by atoms with van der Waals surface area (Å²) in [5.74, 6) is -0.715. The minimum Gasteiger partial charge on any atom is -0.494 e. The molecule has 1 rings (SSSR count). The second-order valence-electron chi connectivity index (χ2n) is 7.42. The van der Waals surface area contributed by atoms with Crippen LogP contribution in [0.2, 0.25) is 0 Å². The number of rotatable bonds is 7. The van der Waals surface area contributed by atoms with E-state index in [1.165, 1.54) is 6.08 Å². The van der Waals surface area contributed by atoms with Crippen molar-refractivity contribution in [2.45, 2.75) is 52.2 Å². The molecule has 0 saturated carbocycles. The van der Waals surface area contributed by atoms with Gasteiger partial charge in [0.15, 0.2) is 5.88 Å². The molecule has 1 amide bonds. The standard InChI is InChI=1S/C17H31N3O4/c1-16(2,11-21)13(18)10-14(22)19-15(23)17(3,4)20-8-6-12(24-5)7-9-20/h10,12,18,21-22H,6-9,11H2,1-5H3,(H,19,23)/b14-10-,18-13?. The fraction of sp³-hybridized carbons (Fsp3) is 0.765. The van der Waals surface area contributed by atoms with Gasteiger partial charge in [-0.05, 0) is 26.7 Å². The lowest BCUT2D eigenvalue weighted by Crippen LogP contribution is -2.57. The van der Waals surface area contributed by atoms with Crippen molar-refractivity contribution in [1.29, 1.82) is 5.41 Å². The van der Waals surface area contributed by atoms with Gasteiger partial charge in [-0.2, -0.15) is 0 Å². The maximum absolute atomic E-state index is 12.5. The van der Waals surface area contributed by atoms with Crippen LogP contribution < -0.4 is 5.32 Å². The Morgan fingerprint density at radius 2 is 1.88 bits per heavy atom. The Hall–Kier alpha value is -1.44. The summed E-state index contributed by atoms with van der Waals surface area (Å²) in [5.41, 5.74) is -1.52. The van der Waals surface area contributed by atoms with Crippen molar-refractivity contribution in [3.8, 4) is 0 Å². The normalized spacial score (nSPS) is 18.5. The first-order valence-electron chi connectivity index (χ1n) is 8.24. The minimum atomic E-state index is -0.783. The average Bonchev–Trinajstić information content (AvgIpc) is 2.54. The number of carbonyl (C=O) groups excluding carboxylic acids is 1. The number of nitrogens with zero attached hydrogens (tertiary/aromatic N) is 1. The van der Waals surface area contributed by atoms with Crippen LogP contribution in [0.3, 0.4) is 0 Å². The van der Waals surface area contributed by atoms with Crippen LogP contribution in [0.15, 0.2) is 12.0 Å². The summed E-state index contributed by atoms with van der Waals surface area (Å²) in [6.07, 6.45) is 3.13. The molecule has 0 unspecified atom stereocenters. The summed E-state index contributed by atoms with van der Waals surface area (Å²) >= 11 is 0. The van der Waals surface area contributed by atoms with E-state index in [2.05, 4.69) is 10.2 Å². The van der Waals surface area contributed by atoms with Crippen molar-refractivity contribution in [2.75, 3.05) is 26.8 Å². The number of likely N-dealkylation sites (tertiary alicyclic amines) is 1. The molecule has 1 aliphatic heterocycles. The molecule has 4 N–H and O–H groups in total. The largest absolute Gasteiger partial charge is 0.494 e. The predicted octanol–water partition coefficient (Wildman–Crippen LogP) is 1.43. The van der Waals surface area contributed by atoms with E-state index >= 15 is 0 Å². The van der Waals surface area contributed by atoms with Gasteiger partial charge in [-0.25, -0.2) is 0 Å². The molecule has 0 aliphatic carbocycles. The maximum atomic E-state index is 12.5. The maximum Gasteiger partial charge on any atom is 0.246 e. The molecule has 0 aromatic heterocycles. The number of methoxy groups -OCH3 is 1. The molecule has 7 heteroatoms. The molecular formula is C17H31N3O4. The van der Waals surface area contributed by atoms with Gasteiger partial charge in [-0.15, -0.1) is 0 Å². The van der Waals surface area contributed by atoms with Crippen LogP contribution >= 0.6 is 0 Å². The van der Waals surface area contributed by atoms with Gasteiger partial charge in [0.2, 0.25) is 5.91 Å². The Kier molecular flexibility index (Phi) is 6.95. The molecule has 0 atom stereocenters. The number of carbonyl (C=O) groups is 1. The zero-order valence-corrected chi connectivity index (χ0v) is 15.3. The first-order chi connectivity index (χ1) is 11.0. The third kappa shape index (κ3) is 5.03. The SMILES string of the molecule is COC1CCN(C(C)(C)C(=O)N/C(O)=C/C(=N)C(C)(C)CO)CC1. The minimum absolute atomic E-state index is 0.0431. The molecule has 0 aromatic rings. The fourth-order valence-corrected chi connectivity index (χ4v) is 2.52. The number of nitrogens with one attached hydrogen (secondary N) is 2. The molecule has 1 heterocycles. The lowest BCUT2D eigenvalue weighted by Gasteiger charge is -2.41. The van der Waals surface area contributed by atoms with Crippen molar-refractivity contribution in [2.24, 2.45) is 5.41 Å². The number of ether oxygens (including phenoxy) is 1. The van der Waals surface area contributed by atoms with Crippen LogP contribution in [0, 0.1) is 10.8 Å². The van der Waals surface area contributed by atoms with E-state index in [4.69, 9.17) is 10.1 Å². The van der Waals surface area contributed by atoms with Crippen molar-refractivity contribution < 1.29 is 19.7 Å². The Balaban J connectivity index is 2.70. The van der Waals surface area contributed by atoms with Crippen LogP contribution in [0.25, 0.3) is 0 Å². The average molecular weight is 341 g/mol.